The lowest BCUT2D eigenvalue weighted by atomic mass is 9.50. The number of hydrogen-bond donors (Lipinski definition) is 0. The zero-order valence-corrected chi connectivity index (χ0v) is 31.7. The Kier molecular flexibility index (Phi) is 6.07. The van der Waals surface area contributed by atoms with E-state index < -0.39 is 0 Å². The first-order valence-corrected chi connectivity index (χ1v) is 20.3. The summed E-state index contributed by atoms with van der Waals surface area (Å²) in [5.41, 5.74) is 16.1. The lowest BCUT2D eigenvalue weighted by molar-refractivity contribution is 0.479. The van der Waals surface area contributed by atoms with Crippen molar-refractivity contribution in [2.75, 3.05) is 0 Å². The van der Waals surface area contributed by atoms with Gasteiger partial charge in [-0.15, -0.1) is 0 Å². The van der Waals surface area contributed by atoms with Crippen LogP contribution >= 0.6 is 0 Å². The molecule has 0 aliphatic carbocycles. The van der Waals surface area contributed by atoms with Crippen LogP contribution in [0.15, 0.2) is 188 Å². The second-order valence-electron chi connectivity index (χ2n) is 16.0. The molecule has 0 atom stereocenters. The van der Waals surface area contributed by atoms with Gasteiger partial charge in [-0.2, -0.15) is 0 Å². The molecule has 2 aliphatic rings. The molecule has 0 bridgehead atoms. The van der Waals surface area contributed by atoms with Gasteiger partial charge in [0, 0.05) is 54.9 Å². The van der Waals surface area contributed by atoms with Gasteiger partial charge in [0.1, 0.15) is 17.2 Å². The number of hydrogen-bond acceptors (Lipinski definition) is 2. The van der Waals surface area contributed by atoms with Crippen molar-refractivity contribution >= 4 is 77.7 Å². The maximum atomic E-state index is 6.96. The molecule has 0 saturated carbocycles. The third-order valence-corrected chi connectivity index (χ3v) is 12.9. The fraction of sp³-hybridized carbons (Fsp3) is 0. The van der Waals surface area contributed by atoms with Crippen LogP contribution in [-0.4, -0.2) is 15.9 Å². The second kappa shape index (κ2) is 11.4. The predicted octanol–water partition coefficient (Wildman–Crippen LogP) is 12.5. The first-order chi connectivity index (χ1) is 29.2. The second-order valence-corrected chi connectivity index (χ2v) is 16.0. The number of fused-ring (bicyclic) bond motifs is 13. The summed E-state index contributed by atoms with van der Waals surface area (Å²) in [6.45, 7) is -0.321. The van der Waals surface area contributed by atoms with E-state index in [9.17, 15) is 0 Å². The highest BCUT2D eigenvalue weighted by Gasteiger charge is 2.41. The van der Waals surface area contributed by atoms with Crippen LogP contribution in [-0.2, 0) is 0 Å². The normalized spacial score (nSPS) is 13.0. The van der Waals surface area contributed by atoms with E-state index in [2.05, 4.69) is 197 Å². The summed E-state index contributed by atoms with van der Waals surface area (Å²) < 4.78 is 18.7. The fourth-order valence-electron chi connectivity index (χ4n) is 10.4. The Bertz CT molecular complexity index is 3630. The number of ether oxygens (including phenoxy) is 1. The highest BCUT2D eigenvalue weighted by molar-refractivity contribution is 6.84. The molecule has 0 spiro atoms. The Hall–Kier alpha value is -7.76. The molecule has 0 fully saturated rings. The van der Waals surface area contributed by atoms with Crippen LogP contribution in [0.25, 0.3) is 99.0 Å². The third kappa shape index (κ3) is 4.23. The first kappa shape index (κ1) is 31.3. The van der Waals surface area contributed by atoms with Crippen LogP contribution in [0.1, 0.15) is 0 Å². The van der Waals surface area contributed by atoms with Crippen molar-refractivity contribution in [1.29, 1.82) is 0 Å². The van der Waals surface area contributed by atoms with E-state index in [1.54, 1.807) is 0 Å². The molecule has 0 saturated heterocycles. The molecule has 5 heterocycles. The Labute approximate surface area is 339 Å². The van der Waals surface area contributed by atoms with Crippen molar-refractivity contribution in [3.8, 4) is 56.3 Å². The summed E-state index contributed by atoms with van der Waals surface area (Å²) in [4.78, 5) is 0. The number of nitrogens with zero attached hydrogens (tertiary/aromatic N) is 2. The molecule has 5 heteroatoms. The minimum absolute atomic E-state index is 0.321. The lowest BCUT2D eigenvalue weighted by Gasteiger charge is -2.33. The smallest absolute Gasteiger partial charge is 0.434 e. The van der Waals surface area contributed by atoms with Crippen molar-refractivity contribution in [2.45, 2.75) is 0 Å². The monoisotopic (exact) mass is 750 g/mol. The van der Waals surface area contributed by atoms with Crippen LogP contribution < -0.4 is 20.3 Å². The van der Waals surface area contributed by atoms with Crippen LogP contribution in [0.3, 0.4) is 0 Å². The van der Waals surface area contributed by atoms with E-state index in [0.29, 0.717) is 0 Å². The van der Waals surface area contributed by atoms with Crippen molar-refractivity contribution in [2.24, 2.45) is 0 Å². The molecule has 3 aromatic heterocycles. The maximum absolute atomic E-state index is 6.96. The summed E-state index contributed by atoms with van der Waals surface area (Å²) >= 11 is 0. The van der Waals surface area contributed by atoms with Gasteiger partial charge >= 0.3 is 6.92 Å². The van der Waals surface area contributed by atoms with Gasteiger partial charge < -0.3 is 18.4 Å². The Morgan fingerprint density at radius 1 is 0.373 bits per heavy atom. The molecular weight excluding hydrogens is 719 g/mol. The number of para-hydroxylation sites is 5. The molecule has 0 amide bonds. The highest BCUT2D eigenvalue weighted by atomic mass is 16.5. The molecule has 14 rings (SSSR count). The lowest BCUT2D eigenvalue weighted by Crippen LogP contribution is -2.53. The number of benzene rings is 9. The molecule has 4 nitrogen and oxygen atoms in total. The standard InChI is InChI=1S/C54H31BN2O2/c1-6-19-46-37(14-1)38-15-2-7-20-47(38)56(46)36-30-42-41-18-5-10-23-50(41)59-55-45-29-34(24-25-51(45)58-52(31-36)53(42)55)32-12-11-13-33(26-32)35-27-43-39-16-3-8-21-48(39)57-49-22-9-4-17-40(49)44(28-35)54(43)57/h1-31H. The summed E-state index contributed by atoms with van der Waals surface area (Å²) in [5.74, 6) is 2.52. The summed E-state index contributed by atoms with van der Waals surface area (Å²) in [6, 6.07) is 68.1. The average Bonchev–Trinajstić information content (AvgIpc) is 3.94. The average molecular weight is 751 g/mol. The highest BCUT2D eigenvalue weighted by Crippen LogP contribution is 2.44. The predicted molar refractivity (Wildman–Crippen MR) is 244 cm³/mol. The largest absolute Gasteiger partial charge is 0.551 e. The van der Waals surface area contributed by atoms with Gasteiger partial charge in [-0.05, 0) is 88.5 Å². The number of rotatable bonds is 3. The minimum atomic E-state index is -0.321. The van der Waals surface area contributed by atoms with Crippen molar-refractivity contribution in [3.05, 3.63) is 188 Å². The van der Waals surface area contributed by atoms with Crippen LogP contribution in [0.4, 0.5) is 0 Å². The van der Waals surface area contributed by atoms with E-state index in [-0.39, 0.29) is 6.92 Å². The third-order valence-electron chi connectivity index (χ3n) is 12.9. The van der Waals surface area contributed by atoms with Crippen molar-refractivity contribution in [3.63, 3.8) is 0 Å². The number of aromatic nitrogens is 2. The molecule has 2 aliphatic heterocycles. The molecule has 0 unspecified atom stereocenters. The molecule has 12 aromatic rings. The Morgan fingerprint density at radius 3 is 1.64 bits per heavy atom. The van der Waals surface area contributed by atoms with Gasteiger partial charge in [-0.25, -0.2) is 0 Å². The van der Waals surface area contributed by atoms with Gasteiger partial charge in [0.25, 0.3) is 0 Å². The molecule has 272 valence electrons. The zero-order valence-electron chi connectivity index (χ0n) is 31.7. The maximum Gasteiger partial charge on any atom is 0.434 e. The topological polar surface area (TPSA) is 27.8 Å². The van der Waals surface area contributed by atoms with Crippen LogP contribution in [0, 0.1) is 0 Å². The summed E-state index contributed by atoms with van der Waals surface area (Å²) in [6.07, 6.45) is 0. The molecule has 59 heavy (non-hydrogen) atoms. The van der Waals surface area contributed by atoms with Gasteiger partial charge in [0.2, 0.25) is 0 Å². The van der Waals surface area contributed by atoms with E-state index >= 15 is 0 Å². The van der Waals surface area contributed by atoms with Crippen molar-refractivity contribution < 1.29 is 9.39 Å². The quantitative estimate of drug-likeness (QED) is 0.168. The SMILES string of the molecule is c1cc(-c2ccc3c(c2)B2Oc4ccccc4-c4cc(-n5c6ccccc6c6ccccc65)cc(c42)O3)cc(-c2cc3c4ccccc4n4c5ccccc5c(c2)c34)c1. The van der Waals surface area contributed by atoms with Crippen LogP contribution in [0.2, 0.25) is 0 Å². The fourth-order valence-corrected chi connectivity index (χ4v) is 10.4. The molecular formula is C54H31BN2O2. The Morgan fingerprint density at radius 2 is 0.949 bits per heavy atom. The van der Waals surface area contributed by atoms with Crippen molar-refractivity contribution in [1.82, 2.24) is 8.97 Å². The Balaban J connectivity index is 0.914. The minimum Gasteiger partial charge on any atom is -0.551 e. The van der Waals surface area contributed by atoms with E-state index in [1.807, 2.05) is 0 Å². The molecule has 0 radical (unpaired) electrons. The summed E-state index contributed by atoms with van der Waals surface area (Å²) in [7, 11) is 0. The summed E-state index contributed by atoms with van der Waals surface area (Å²) in [5, 5.41) is 7.59. The molecule has 9 aromatic carbocycles. The van der Waals surface area contributed by atoms with E-state index in [0.717, 1.165) is 56.1 Å². The van der Waals surface area contributed by atoms with E-state index in [1.165, 1.54) is 71.0 Å². The van der Waals surface area contributed by atoms with Gasteiger partial charge in [0.05, 0.1) is 33.3 Å². The van der Waals surface area contributed by atoms with Gasteiger partial charge in [-0.1, -0.05) is 121 Å². The van der Waals surface area contributed by atoms with Gasteiger partial charge in [0.15, 0.2) is 0 Å². The first-order valence-electron chi connectivity index (χ1n) is 20.3. The zero-order chi connectivity index (χ0) is 38.3. The van der Waals surface area contributed by atoms with Gasteiger partial charge in [-0.3, -0.25) is 0 Å². The molecule has 0 N–H and O–H groups in total. The van der Waals surface area contributed by atoms with Crippen LogP contribution in [0.5, 0.6) is 17.2 Å². The van der Waals surface area contributed by atoms with E-state index in [4.69, 9.17) is 9.39 Å².